The zero-order chi connectivity index (χ0) is 39.0. The van der Waals surface area contributed by atoms with Gasteiger partial charge < -0.3 is 38.9 Å². The Morgan fingerprint density at radius 3 is 2.50 bits per heavy atom. The minimum atomic E-state index is -1.41. The van der Waals surface area contributed by atoms with Gasteiger partial charge in [-0.2, -0.15) is 0 Å². The minimum Gasteiger partial charge on any atom is -0.459 e. The van der Waals surface area contributed by atoms with Crippen molar-refractivity contribution in [3.8, 4) is 17.2 Å². The monoisotopic (exact) mass is 749 g/mol. The van der Waals surface area contributed by atoms with Crippen LogP contribution in [0.25, 0.3) is 0 Å². The topological polar surface area (TPSA) is 162 Å². The number of fused-ring (bicyclic) bond motifs is 2. The number of aliphatic hydroxyl groups excluding tert-OH is 2. The van der Waals surface area contributed by atoms with Gasteiger partial charge in [0.2, 0.25) is 5.79 Å². The fourth-order valence-electron chi connectivity index (χ4n) is 8.21. The lowest BCUT2D eigenvalue weighted by Crippen LogP contribution is -2.69. The summed E-state index contributed by atoms with van der Waals surface area (Å²) in [5.41, 5.74) is 2.09. The number of nitro groups is 1. The van der Waals surface area contributed by atoms with Crippen LogP contribution in [-0.4, -0.2) is 84.3 Å². The van der Waals surface area contributed by atoms with E-state index in [0.717, 1.165) is 36.8 Å². The van der Waals surface area contributed by atoms with Gasteiger partial charge in [0.05, 0.1) is 35.8 Å². The van der Waals surface area contributed by atoms with Crippen LogP contribution in [0.5, 0.6) is 17.2 Å². The van der Waals surface area contributed by atoms with Gasteiger partial charge in [-0.25, -0.2) is 4.79 Å². The molecule has 3 aliphatic rings. The molecule has 1 saturated carbocycles. The number of nitrogens with zero attached hydrogens (tertiary/aromatic N) is 3. The van der Waals surface area contributed by atoms with Crippen molar-refractivity contribution in [2.24, 2.45) is 28.3 Å². The molecule has 2 aromatic carbocycles. The number of likely N-dealkylation sites (N-methyl/N-ethyl adjacent to an activating group) is 1. The molecular weight excluding hydrogens is 694 g/mol. The average Bonchev–Trinajstić information content (AvgIpc) is 3.14. The van der Waals surface area contributed by atoms with Crippen LogP contribution in [0.4, 0.5) is 10.5 Å². The van der Waals surface area contributed by atoms with Gasteiger partial charge in [0.15, 0.2) is 0 Å². The van der Waals surface area contributed by atoms with Crippen LogP contribution >= 0.6 is 0 Å². The van der Waals surface area contributed by atoms with Crippen molar-refractivity contribution < 1.29 is 43.7 Å². The summed E-state index contributed by atoms with van der Waals surface area (Å²) in [6, 6.07) is 10.9. The number of oxime groups is 1. The molecule has 1 amide bonds. The normalized spacial score (nSPS) is 25.1. The maximum atomic E-state index is 13.8. The van der Waals surface area contributed by atoms with E-state index in [0.29, 0.717) is 35.8 Å². The number of non-ortho nitro benzene ring substituents is 1. The second-order valence-corrected chi connectivity index (χ2v) is 15.5. The Morgan fingerprint density at radius 1 is 1.11 bits per heavy atom. The third-order valence-electron chi connectivity index (χ3n) is 10.5. The van der Waals surface area contributed by atoms with Crippen LogP contribution in [0.1, 0.15) is 77.2 Å². The first-order valence-corrected chi connectivity index (χ1v) is 18.8. The van der Waals surface area contributed by atoms with Crippen molar-refractivity contribution in [3.05, 3.63) is 82.4 Å². The van der Waals surface area contributed by atoms with Crippen LogP contribution in [-0.2, 0) is 14.3 Å². The molecule has 13 heteroatoms. The number of allylic oxidation sites excluding steroid dienone is 1. The maximum absolute atomic E-state index is 13.8. The fourth-order valence-corrected chi connectivity index (χ4v) is 8.21. The Hall–Kier alpha value is -4.46. The molecule has 2 N–H and O–H groups in total. The summed E-state index contributed by atoms with van der Waals surface area (Å²) in [6.07, 6.45) is 8.09. The number of ether oxygens (including phenoxy) is 4. The number of nitro benzene ring substituents is 1. The molecule has 1 fully saturated rings. The molecule has 13 nitrogen and oxygen atoms in total. The summed E-state index contributed by atoms with van der Waals surface area (Å²) in [5, 5.41) is 35.6. The maximum Gasteiger partial charge on any atom is 0.410 e. The van der Waals surface area contributed by atoms with Crippen molar-refractivity contribution in [3.63, 3.8) is 0 Å². The first-order chi connectivity index (χ1) is 25.9. The molecule has 1 aliphatic heterocycles. The molecule has 6 unspecified atom stereocenters. The largest absolute Gasteiger partial charge is 0.459 e. The predicted octanol–water partition coefficient (Wildman–Crippen LogP) is 7.77. The van der Waals surface area contributed by atoms with E-state index in [1.54, 1.807) is 36.2 Å². The number of unbranched alkanes of at least 4 members (excludes halogenated alkanes) is 2. The minimum absolute atomic E-state index is 0.0205. The van der Waals surface area contributed by atoms with Gasteiger partial charge in [-0.3, -0.25) is 10.1 Å². The molecule has 0 bridgehead atoms. The Bertz CT molecular complexity index is 1700. The highest BCUT2D eigenvalue weighted by atomic mass is 16.7. The van der Waals surface area contributed by atoms with Gasteiger partial charge >= 0.3 is 6.09 Å². The van der Waals surface area contributed by atoms with Crippen molar-refractivity contribution in [1.82, 2.24) is 4.90 Å². The Balaban J connectivity index is 1.72. The molecular formula is C41H55N3O10. The highest BCUT2D eigenvalue weighted by Gasteiger charge is 2.65. The first-order valence-electron chi connectivity index (χ1n) is 18.8. The van der Waals surface area contributed by atoms with E-state index in [4.69, 9.17) is 23.8 Å². The number of carbonyl (C=O) groups is 1. The number of benzene rings is 2. The molecule has 0 radical (unpaired) electrons. The summed E-state index contributed by atoms with van der Waals surface area (Å²) >= 11 is 0. The third kappa shape index (κ3) is 8.90. The number of aliphatic hydroxyl groups is 2. The Labute approximate surface area is 317 Å². The van der Waals surface area contributed by atoms with E-state index in [1.807, 2.05) is 32.9 Å². The molecule has 0 saturated heterocycles. The standard InChI is InChI=1S/C41H55N3O10/c1-7-21-52-41-36(43(5)39(47)51-26-40(2,3)4)25-34(42-50-6)32-22-27(13-8-10-19-45)31(16-9-11-20-46)37(38(32)41)33-24-30(17-18-35(33)54-41)53-29-15-12-14-28(23-29)44(48)49/h7,12,14-15,17-18,22-24,27,31,36-38,45-46H,1,8-11,13,16,19-21,25-26H2,2-6H3. The number of amides is 1. The van der Waals surface area contributed by atoms with Crippen LogP contribution < -0.4 is 9.47 Å². The number of hydrogen-bond donors (Lipinski definition) is 2. The lowest BCUT2D eigenvalue weighted by molar-refractivity contribution is -0.384. The zero-order valence-corrected chi connectivity index (χ0v) is 32.1. The quantitative estimate of drug-likeness (QED) is 0.0707. The molecule has 2 aromatic rings. The Morgan fingerprint density at radius 2 is 1.83 bits per heavy atom. The highest BCUT2D eigenvalue weighted by Crippen LogP contribution is 2.62. The van der Waals surface area contributed by atoms with Crippen molar-refractivity contribution >= 4 is 17.5 Å². The van der Waals surface area contributed by atoms with Crippen LogP contribution in [0.15, 0.2) is 71.9 Å². The summed E-state index contributed by atoms with van der Waals surface area (Å²) in [7, 11) is 3.19. The molecule has 5 rings (SSSR count). The van der Waals surface area contributed by atoms with E-state index in [1.165, 1.54) is 19.2 Å². The molecule has 6 atom stereocenters. The van der Waals surface area contributed by atoms with E-state index >= 15 is 0 Å². The highest BCUT2D eigenvalue weighted by molar-refractivity contribution is 6.02. The second-order valence-electron chi connectivity index (χ2n) is 15.5. The number of hydrogen-bond acceptors (Lipinski definition) is 11. The molecule has 0 spiro atoms. The van der Waals surface area contributed by atoms with Gasteiger partial charge in [-0.1, -0.05) is 57.0 Å². The van der Waals surface area contributed by atoms with Gasteiger partial charge in [-0.15, -0.1) is 6.58 Å². The van der Waals surface area contributed by atoms with Gasteiger partial charge in [0, 0.05) is 44.2 Å². The summed E-state index contributed by atoms with van der Waals surface area (Å²) in [4.78, 5) is 31.9. The van der Waals surface area contributed by atoms with Crippen molar-refractivity contribution in [1.29, 1.82) is 0 Å². The molecule has 54 heavy (non-hydrogen) atoms. The summed E-state index contributed by atoms with van der Waals surface area (Å²) in [6.45, 7) is 10.4. The lowest BCUT2D eigenvalue weighted by atomic mass is 9.55. The van der Waals surface area contributed by atoms with Gasteiger partial charge in [-0.05, 0) is 72.8 Å². The Kier molecular flexibility index (Phi) is 13.4. The summed E-state index contributed by atoms with van der Waals surface area (Å²) < 4.78 is 26.0. The average molecular weight is 750 g/mol. The van der Waals surface area contributed by atoms with E-state index in [9.17, 15) is 25.1 Å². The molecule has 2 aliphatic carbocycles. The SMILES string of the molecule is C=CCOC12Oc3ccc(Oc4cccc([N+](=O)[O-])c4)cc3C3C(CCCCO)C(CCCCO)C=C(C(=NOC)CC1N(C)C(=O)OCC(C)(C)C)C32. The first kappa shape index (κ1) is 40.7. The van der Waals surface area contributed by atoms with Crippen molar-refractivity contribution in [2.45, 2.75) is 83.5 Å². The van der Waals surface area contributed by atoms with Gasteiger partial charge in [0.25, 0.3) is 5.69 Å². The second kappa shape index (κ2) is 17.8. The third-order valence-corrected chi connectivity index (χ3v) is 10.5. The van der Waals surface area contributed by atoms with E-state index < -0.39 is 28.8 Å². The van der Waals surface area contributed by atoms with E-state index in [-0.39, 0.29) is 61.7 Å². The summed E-state index contributed by atoms with van der Waals surface area (Å²) in [5.74, 6) is -0.726. The van der Waals surface area contributed by atoms with E-state index in [2.05, 4.69) is 17.8 Å². The molecule has 294 valence electrons. The van der Waals surface area contributed by atoms with Crippen LogP contribution in [0.2, 0.25) is 0 Å². The number of rotatable bonds is 17. The van der Waals surface area contributed by atoms with Gasteiger partial charge in [0.1, 0.15) is 30.4 Å². The van der Waals surface area contributed by atoms with Crippen molar-refractivity contribution in [2.75, 3.05) is 40.6 Å². The smallest absolute Gasteiger partial charge is 0.410 e. The lowest BCUT2D eigenvalue weighted by Gasteiger charge is -2.59. The zero-order valence-electron chi connectivity index (χ0n) is 32.1. The van der Waals surface area contributed by atoms with Crippen LogP contribution in [0.3, 0.4) is 0 Å². The number of carbonyl (C=O) groups excluding carboxylic acids is 1. The van der Waals surface area contributed by atoms with Crippen LogP contribution in [0, 0.1) is 33.3 Å². The molecule has 1 heterocycles. The molecule has 0 aromatic heterocycles. The fraction of sp³-hybridized carbons (Fsp3) is 0.561. The predicted molar refractivity (Wildman–Crippen MR) is 204 cm³/mol.